The molecule has 3 aliphatic rings. The summed E-state index contributed by atoms with van der Waals surface area (Å²) in [5.74, 6) is 0.131. The van der Waals surface area contributed by atoms with E-state index in [0.29, 0.717) is 39.3 Å². The Morgan fingerprint density at radius 1 is 0.920 bits per heavy atom. The van der Waals surface area contributed by atoms with Crippen molar-refractivity contribution >= 4 is 28.5 Å². The van der Waals surface area contributed by atoms with Crippen LogP contribution in [0.1, 0.15) is 19.3 Å². The fraction of sp³-hybridized carbons (Fsp3) is 0.933. The van der Waals surface area contributed by atoms with Crippen LogP contribution in [0.25, 0.3) is 0 Å². The van der Waals surface area contributed by atoms with Crippen molar-refractivity contribution < 1.29 is 13.2 Å². The zero-order valence-corrected chi connectivity index (χ0v) is 16.5. The van der Waals surface area contributed by atoms with Gasteiger partial charge in [-0.05, 0) is 26.4 Å². The van der Waals surface area contributed by atoms with E-state index in [9.17, 15) is 13.2 Å². The number of nitrogens with zero attached hydrogens (tertiary/aromatic N) is 4. The first kappa shape index (κ1) is 20.9. The van der Waals surface area contributed by atoms with E-state index >= 15 is 0 Å². The normalized spacial score (nSPS) is 27.7. The molecule has 0 bridgehead atoms. The highest BCUT2D eigenvalue weighted by atomic mass is 35.5. The van der Waals surface area contributed by atoms with Crippen LogP contribution in [0.15, 0.2) is 0 Å². The van der Waals surface area contributed by atoms with Crippen molar-refractivity contribution in [3.63, 3.8) is 0 Å². The summed E-state index contributed by atoms with van der Waals surface area (Å²) < 4.78 is 28.6. The van der Waals surface area contributed by atoms with Gasteiger partial charge in [0, 0.05) is 52.4 Å². The van der Waals surface area contributed by atoms with Gasteiger partial charge in [-0.25, -0.2) is 0 Å². The lowest BCUT2D eigenvalue weighted by molar-refractivity contribution is -0.135. The fourth-order valence-electron chi connectivity index (χ4n) is 3.60. The quantitative estimate of drug-likeness (QED) is 0.676. The summed E-state index contributed by atoms with van der Waals surface area (Å²) in [6.45, 7) is 5.30. The van der Waals surface area contributed by atoms with Crippen LogP contribution >= 0.6 is 12.4 Å². The largest absolute Gasteiger partial charge is 0.339 e. The molecular formula is C15H30ClN5O3S. The molecule has 0 aromatic carbocycles. The minimum Gasteiger partial charge on any atom is -0.339 e. The first-order chi connectivity index (χ1) is 11.5. The Hall–Kier alpha value is -0.450. The molecule has 146 valence electrons. The average Bonchev–Trinajstić information content (AvgIpc) is 2.62. The fourth-order valence-corrected chi connectivity index (χ4v) is 5.18. The maximum Gasteiger partial charge on any atom is 0.282 e. The molecule has 0 saturated carbocycles. The van der Waals surface area contributed by atoms with E-state index in [4.69, 9.17) is 0 Å². The maximum atomic E-state index is 12.7. The number of amides is 1. The Kier molecular flexibility index (Phi) is 7.48. The molecule has 1 N–H and O–H groups in total. The van der Waals surface area contributed by atoms with E-state index in [1.165, 1.54) is 4.31 Å². The van der Waals surface area contributed by atoms with E-state index < -0.39 is 10.2 Å². The second kappa shape index (κ2) is 8.96. The topological polar surface area (TPSA) is 76.2 Å². The molecule has 3 aliphatic heterocycles. The van der Waals surface area contributed by atoms with Crippen molar-refractivity contribution in [3.8, 4) is 0 Å². The molecule has 25 heavy (non-hydrogen) atoms. The van der Waals surface area contributed by atoms with Crippen LogP contribution in [-0.2, 0) is 15.0 Å². The molecule has 0 radical (unpaired) electrons. The van der Waals surface area contributed by atoms with Gasteiger partial charge in [-0.3, -0.25) is 4.79 Å². The van der Waals surface area contributed by atoms with Gasteiger partial charge in [-0.15, -0.1) is 12.4 Å². The van der Waals surface area contributed by atoms with Crippen LogP contribution in [0.3, 0.4) is 0 Å². The molecule has 0 aromatic heterocycles. The third kappa shape index (κ3) is 4.84. The zero-order chi connectivity index (χ0) is 17.2. The van der Waals surface area contributed by atoms with Crippen LogP contribution in [0.4, 0.5) is 0 Å². The number of rotatable bonds is 3. The number of hydrogen-bond donors (Lipinski definition) is 1. The number of piperidine rings is 1. The molecule has 0 aromatic rings. The monoisotopic (exact) mass is 395 g/mol. The number of carbonyl (C=O) groups excluding carboxylic acids is 1. The van der Waals surface area contributed by atoms with E-state index in [1.807, 2.05) is 11.9 Å². The molecule has 1 unspecified atom stereocenters. The molecule has 0 aliphatic carbocycles. The lowest BCUT2D eigenvalue weighted by atomic mass is 10.0. The Balaban J connectivity index is 0.00000225. The van der Waals surface area contributed by atoms with E-state index in [-0.39, 0.29) is 24.4 Å². The number of hydrogen-bond acceptors (Lipinski definition) is 5. The van der Waals surface area contributed by atoms with Gasteiger partial charge in [0.15, 0.2) is 0 Å². The molecular weight excluding hydrogens is 366 g/mol. The van der Waals surface area contributed by atoms with E-state index in [2.05, 4.69) is 10.2 Å². The Morgan fingerprint density at radius 2 is 1.48 bits per heavy atom. The van der Waals surface area contributed by atoms with Crippen molar-refractivity contribution in [1.82, 2.24) is 23.7 Å². The van der Waals surface area contributed by atoms with Gasteiger partial charge in [0.05, 0.1) is 6.04 Å². The van der Waals surface area contributed by atoms with Crippen molar-refractivity contribution in [3.05, 3.63) is 0 Å². The molecule has 3 saturated heterocycles. The van der Waals surface area contributed by atoms with Crippen LogP contribution < -0.4 is 5.32 Å². The summed E-state index contributed by atoms with van der Waals surface area (Å²) in [5.41, 5.74) is 0. The average molecular weight is 396 g/mol. The Morgan fingerprint density at radius 3 is 2.00 bits per heavy atom. The lowest BCUT2D eigenvalue weighted by Crippen LogP contribution is -2.59. The van der Waals surface area contributed by atoms with Gasteiger partial charge in [-0.2, -0.15) is 17.0 Å². The number of nitrogens with one attached hydrogen (secondary N) is 1. The summed E-state index contributed by atoms with van der Waals surface area (Å²) in [5, 5.41) is 3.28. The van der Waals surface area contributed by atoms with Crippen LogP contribution in [0, 0.1) is 0 Å². The highest BCUT2D eigenvalue weighted by Gasteiger charge is 2.35. The predicted molar refractivity (Wildman–Crippen MR) is 99.0 cm³/mol. The van der Waals surface area contributed by atoms with Crippen molar-refractivity contribution in [2.75, 3.05) is 66.0 Å². The van der Waals surface area contributed by atoms with Crippen LogP contribution in [0.5, 0.6) is 0 Å². The highest BCUT2D eigenvalue weighted by molar-refractivity contribution is 7.86. The van der Waals surface area contributed by atoms with Crippen molar-refractivity contribution in [1.29, 1.82) is 0 Å². The predicted octanol–water partition coefficient (Wildman–Crippen LogP) is -0.813. The van der Waals surface area contributed by atoms with Crippen LogP contribution in [0.2, 0.25) is 0 Å². The standard InChI is InChI=1S/C15H29N5O3S.ClH/c1-17-6-10-19(11-7-17)24(22,23)20-12-8-18(9-13-20)15(21)14-4-2-3-5-16-14;/h14,16H,2-13H2,1H3;1H. The number of halogens is 1. The first-order valence-electron chi connectivity index (χ1n) is 8.94. The molecule has 10 heteroatoms. The smallest absolute Gasteiger partial charge is 0.282 e. The van der Waals surface area contributed by atoms with Gasteiger partial charge >= 0.3 is 0 Å². The Bertz CT molecular complexity index is 539. The third-order valence-corrected chi connectivity index (χ3v) is 7.31. The second-order valence-corrected chi connectivity index (χ2v) is 8.87. The summed E-state index contributed by atoms with van der Waals surface area (Å²) in [6, 6.07) is -0.0838. The molecule has 8 nitrogen and oxygen atoms in total. The third-order valence-electron chi connectivity index (χ3n) is 5.27. The van der Waals surface area contributed by atoms with E-state index in [1.54, 1.807) is 4.31 Å². The highest BCUT2D eigenvalue weighted by Crippen LogP contribution is 2.16. The second-order valence-electron chi connectivity index (χ2n) is 6.94. The first-order valence-corrected chi connectivity index (χ1v) is 10.3. The molecule has 3 heterocycles. The van der Waals surface area contributed by atoms with Crippen LogP contribution in [-0.4, -0.2) is 105 Å². The number of likely N-dealkylation sites (N-methyl/N-ethyl adjacent to an activating group) is 1. The van der Waals surface area contributed by atoms with Gasteiger partial charge in [0.1, 0.15) is 0 Å². The zero-order valence-electron chi connectivity index (χ0n) is 14.9. The molecule has 0 spiro atoms. The number of piperazine rings is 2. The number of carbonyl (C=O) groups is 1. The molecule has 1 atom stereocenters. The van der Waals surface area contributed by atoms with Gasteiger partial charge < -0.3 is 15.1 Å². The minimum absolute atomic E-state index is 0. The van der Waals surface area contributed by atoms with Crippen molar-refractivity contribution in [2.45, 2.75) is 25.3 Å². The Labute approximate surface area is 157 Å². The van der Waals surface area contributed by atoms with Gasteiger partial charge in [0.2, 0.25) is 5.91 Å². The summed E-state index contributed by atoms with van der Waals surface area (Å²) >= 11 is 0. The summed E-state index contributed by atoms with van der Waals surface area (Å²) in [4.78, 5) is 16.5. The lowest BCUT2D eigenvalue weighted by Gasteiger charge is -2.40. The summed E-state index contributed by atoms with van der Waals surface area (Å²) in [6.07, 6.45) is 3.10. The molecule has 1 amide bonds. The molecule has 3 rings (SSSR count). The van der Waals surface area contributed by atoms with Gasteiger partial charge in [0.25, 0.3) is 10.2 Å². The maximum absolute atomic E-state index is 12.7. The van der Waals surface area contributed by atoms with Crippen molar-refractivity contribution in [2.24, 2.45) is 0 Å². The van der Waals surface area contributed by atoms with E-state index in [0.717, 1.165) is 38.9 Å². The summed E-state index contributed by atoms with van der Waals surface area (Å²) in [7, 11) is -1.39. The SMILES string of the molecule is CN1CCN(S(=O)(=O)N2CCN(C(=O)C3CCCCN3)CC2)CC1.Cl. The minimum atomic E-state index is -3.40. The van der Waals surface area contributed by atoms with Gasteiger partial charge in [-0.1, -0.05) is 6.42 Å². The molecule has 3 fully saturated rings.